The lowest BCUT2D eigenvalue weighted by Crippen LogP contribution is -2.52. The van der Waals surface area contributed by atoms with Gasteiger partial charge in [-0.25, -0.2) is 8.42 Å². The molecule has 1 heterocycles. The van der Waals surface area contributed by atoms with Gasteiger partial charge in [-0.3, -0.25) is 9.69 Å². The number of carbonyl (C=O) groups is 1. The van der Waals surface area contributed by atoms with Crippen LogP contribution in [-0.4, -0.2) is 74.2 Å². The van der Waals surface area contributed by atoms with E-state index in [1.165, 1.54) is 4.31 Å². The number of rotatable bonds is 8. The quantitative estimate of drug-likeness (QED) is 0.677. The summed E-state index contributed by atoms with van der Waals surface area (Å²) < 4.78 is 27.3. The van der Waals surface area contributed by atoms with Crippen molar-refractivity contribution in [3.05, 3.63) is 29.3 Å². The number of piperazine rings is 1. The van der Waals surface area contributed by atoms with E-state index in [0.29, 0.717) is 37.6 Å². The van der Waals surface area contributed by atoms with Gasteiger partial charge in [0, 0.05) is 26.2 Å². The van der Waals surface area contributed by atoms with Crippen molar-refractivity contribution in [2.75, 3.05) is 45.8 Å². The van der Waals surface area contributed by atoms with Crippen molar-refractivity contribution in [1.29, 1.82) is 0 Å². The van der Waals surface area contributed by atoms with Gasteiger partial charge in [0.2, 0.25) is 15.9 Å². The fourth-order valence-corrected chi connectivity index (χ4v) is 4.90. The van der Waals surface area contributed by atoms with Crippen LogP contribution < -0.4 is 0 Å². The molecule has 7 heteroatoms. The standard InChI is InChI=1S/C20H33N3O3S/c1-5-9-21(10-6-2)16-20(24)22-11-13-23(14-12-22)27(25,26)19-8-7-17(3)18(4)15-19/h7-8,15H,5-6,9-14,16H2,1-4H3. The van der Waals surface area contributed by atoms with Gasteiger partial charge in [-0.2, -0.15) is 4.31 Å². The Morgan fingerprint density at radius 3 is 2.11 bits per heavy atom. The largest absolute Gasteiger partial charge is 0.339 e. The van der Waals surface area contributed by atoms with Crippen LogP contribution in [0.15, 0.2) is 23.1 Å². The van der Waals surface area contributed by atoms with Crippen LogP contribution in [0.1, 0.15) is 37.8 Å². The molecule has 6 nitrogen and oxygen atoms in total. The summed E-state index contributed by atoms with van der Waals surface area (Å²) in [6.07, 6.45) is 2.05. The Balaban J connectivity index is 1.97. The van der Waals surface area contributed by atoms with Gasteiger partial charge < -0.3 is 4.90 Å². The van der Waals surface area contributed by atoms with Crippen molar-refractivity contribution in [1.82, 2.24) is 14.1 Å². The molecule has 1 aromatic rings. The van der Waals surface area contributed by atoms with Crippen molar-refractivity contribution >= 4 is 15.9 Å². The average Bonchev–Trinajstić information content (AvgIpc) is 2.64. The topological polar surface area (TPSA) is 60.9 Å². The Hall–Kier alpha value is -1.44. The predicted molar refractivity (Wildman–Crippen MR) is 108 cm³/mol. The molecule has 27 heavy (non-hydrogen) atoms. The number of nitrogens with zero attached hydrogens (tertiary/aromatic N) is 3. The highest BCUT2D eigenvalue weighted by molar-refractivity contribution is 7.89. The van der Waals surface area contributed by atoms with Crippen LogP contribution in [-0.2, 0) is 14.8 Å². The van der Waals surface area contributed by atoms with Crippen LogP contribution in [0.4, 0.5) is 0 Å². The SMILES string of the molecule is CCCN(CCC)CC(=O)N1CCN(S(=O)(=O)c2ccc(C)c(C)c2)CC1. The average molecular weight is 396 g/mol. The lowest BCUT2D eigenvalue weighted by Gasteiger charge is -2.35. The van der Waals surface area contributed by atoms with Gasteiger partial charge in [-0.05, 0) is 63.0 Å². The molecule has 152 valence electrons. The highest BCUT2D eigenvalue weighted by atomic mass is 32.2. The van der Waals surface area contributed by atoms with Crippen LogP contribution >= 0.6 is 0 Å². The maximum atomic E-state index is 12.9. The second-order valence-electron chi connectivity index (χ2n) is 7.31. The number of hydrogen-bond donors (Lipinski definition) is 0. The Bertz CT molecular complexity index is 735. The van der Waals surface area contributed by atoms with Gasteiger partial charge in [0.25, 0.3) is 0 Å². The first-order chi connectivity index (χ1) is 12.8. The van der Waals surface area contributed by atoms with E-state index in [1.54, 1.807) is 17.0 Å². The van der Waals surface area contributed by atoms with E-state index in [9.17, 15) is 13.2 Å². The summed E-state index contributed by atoms with van der Waals surface area (Å²) >= 11 is 0. The van der Waals surface area contributed by atoms with Crippen LogP contribution in [0.5, 0.6) is 0 Å². The number of benzene rings is 1. The molecule has 0 spiro atoms. The maximum Gasteiger partial charge on any atom is 0.243 e. The second-order valence-corrected chi connectivity index (χ2v) is 9.25. The molecule has 0 aromatic heterocycles. The molecule has 0 aliphatic carbocycles. The normalized spacial score (nSPS) is 16.1. The van der Waals surface area contributed by atoms with Gasteiger partial charge in [-0.1, -0.05) is 19.9 Å². The second kappa shape index (κ2) is 9.66. The molecule has 1 amide bonds. The Labute approximate surface area is 164 Å². The monoisotopic (exact) mass is 395 g/mol. The molecule has 0 N–H and O–H groups in total. The number of carbonyl (C=O) groups excluding carboxylic acids is 1. The zero-order chi connectivity index (χ0) is 20.0. The third kappa shape index (κ3) is 5.53. The van der Waals surface area contributed by atoms with E-state index in [4.69, 9.17) is 0 Å². The molecule has 1 aliphatic rings. The highest BCUT2D eigenvalue weighted by Gasteiger charge is 2.30. The summed E-state index contributed by atoms with van der Waals surface area (Å²) in [5, 5.41) is 0. The van der Waals surface area contributed by atoms with E-state index in [2.05, 4.69) is 18.7 Å². The van der Waals surface area contributed by atoms with Crippen molar-refractivity contribution in [3.63, 3.8) is 0 Å². The summed E-state index contributed by atoms with van der Waals surface area (Å²) in [5.41, 5.74) is 2.05. The minimum atomic E-state index is -3.51. The zero-order valence-corrected chi connectivity index (χ0v) is 17.9. The van der Waals surface area contributed by atoms with Gasteiger partial charge in [0.05, 0.1) is 11.4 Å². The van der Waals surface area contributed by atoms with Crippen molar-refractivity contribution in [2.45, 2.75) is 45.4 Å². The van der Waals surface area contributed by atoms with Gasteiger partial charge in [0.15, 0.2) is 0 Å². The molecular formula is C20H33N3O3S. The zero-order valence-electron chi connectivity index (χ0n) is 17.1. The lowest BCUT2D eigenvalue weighted by atomic mass is 10.1. The van der Waals surface area contributed by atoms with Crippen LogP contribution in [0.2, 0.25) is 0 Å². The highest BCUT2D eigenvalue weighted by Crippen LogP contribution is 2.20. The Kier molecular flexibility index (Phi) is 7.82. The number of amides is 1. The van der Waals surface area contributed by atoms with Gasteiger partial charge in [0.1, 0.15) is 0 Å². The molecule has 1 aliphatic heterocycles. The summed E-state index contributed by atoms with van der Waals surface area (Å²) in [4.78, 5) is 16.9. The summed E-state index contributed by atoms with van der Waals surface area (Å²) in [6.45, 7) is 12.0. The van der Waals surface area contributed by atoms with Gasteiger partial charge >= 0.3 is 0 Å². The van der Waals surface area contributed by atoms with E-state index in [1.807, 2.05) is 19.9 Å². The van der Waals surface area contributed by atoms with E-state index >= 15 is 0 Å². The van der Waals surface area contributed by atoms with Crippen molar-refractivity contribution in [3.8, 4) is 0 Å². The first-order valence-corrected chi connectivity index (χ1v) is 11.3. The predicted octanol–water partition coefficient (Wildman–Crippen LogP) is 2.26. The molecule has 0 bridgehead atoms. The number of sulfonamides is 1. The Morgan fingerprint density at radius 2 is 1.59 bits per heavy atom. The molecule has 1 aromatic carbocycles. The number of hydrogen-bond acceptors (Lipinski definition) is 4. The molecule has 1 saturated heterocycles. The fraction of sp³-hybridized carbons (Fsp3) is 0.650. The maximum absolute atomic E-state index is 12.9. The number of aryl methyl sites for hydroxylation is 2. The lowest BCUT2D eigenvalue weighted by molar-refractivity contribution is -0.133. The van der Waals surface area contributed by atoms with Gasteiger partial charge in [-0.15, -0.1) is 0 Å². The third-order valence-electron chi connectivity index (χ3n) is 5.15. The molecule has 1 fully saturated rings. The van der Waals surface area contributed by atoms with Crippen LogP contribution in [0, 0.1) is 13.8 Å². The summed E-state index contributed by atoms with van der Waals surface area (Å²) in [6, 6.07) is 5.25. The minimum Gasteiger partial charge on any atom is -0.339 e. The van der Waals surface area contributed by atoms with Crippen molar-refractivity contribution < 1.29 is 13.2 Å². The fourth-order valence-electron chi connectivity index (χ4n) is 3.39. The first kappa shape index (κ1) is 21.9. The molecule has 0 unspecified atom stereocenters. The first-order valence-electron chi connectivity index (χ1n) is 9.87. The minimum absolute atomic E-state index is 0.0973. The molecule has 2 rings (SSSR count). The van der Waals surface area contributed by atoms with E-state index in [0.717, 1.165) is 37.1 Å². The van der Waals surface area contributed by atoms with Crippen LogP contribution in [0.3, 0.4) is 0 Å². The molecule has 0 saturated carbocycles. The molecule has 0 radical (unpaired) electrons. The third-order valence-corrected chi connectivity index (χ3v) is 7.04. The molecule has 0 atom stereocenters. The smallest absolute Gasteiger partial charge is 0.243 e. The summed E-state index contributed by atoms with van der Waals surface area (Å²) in [7, 11) is -3.51. The van der Waals surface area contributed by atoms with Crippen LogP contribution in [0.25, 0.3) is 0 Å². The van der Waals surface area contributed by atoms with E-state index < -0.39 is 10.0 Å². The summed E-state index contributed by atoms with van der Waals surface area (Å²) in [5.74, 6) is 0.0973. The molecular weight excluding hydrogens is 362 g/mol. The Morgan fingerprint density at radius 1 is 1.00 bits per heavy atom. The van der Waals surface area contributed by atoms with Crippen molar-refractivity contribution in [2.24, 2.45) is 0 Å². The van der Waals surface area contributed by atoms with E-state index in [-0.39, 0.29) is 5.91 Å².